The largest absolute Gasteiger partial charge is 0.392 e. The number of amides is 3. The van der Waals surface area contributed by atoms with E-state index in [2.05, 4.69) is 10.6 Å². The Hall–Kier alpha value is -2.25. The lowest BCUT2D eigenvalue weighted by atomic mass is 9.76. The second-order valence-electron chi connectivity index (χ2n) is 9.56. The van der Waals surface area contributed by atoms with Gasteiger partial charge in [-0.3, -0.25) is 24.6 Å². The van der Waals surface area contributed by atoms with E-state index in [1.165, 1.54) is 4.90 Å². The van der Waals surface area contributed by atoms with Crippen LogP contribution in [-0.4, -0.2) is 45.9 Å². The van der Waals surface area contributed by atoms with Crippen LogP contribution in [0.25, 0.3) is 0 Å². The molecule has 1 aliphatic carbocycles. The number of imide groups is 1. The van der Waals surface area contributed by atoms with Crippen LogP contribution >= 0.6 is 0 Å². The molecule has 5 rings (SSSR count). The monoisotopic (exact) mass is 425 g/mol. The number of benzene rings is 1. The molecular weight excluding hydrogens is 394 g/mol. The average molecular weight is 426 g/mol. The van der Waals surface area contributed by atoms with E-state index in [1.807, 2.05) is 25.1 Å². The van der Waals surface area contributed by atoms with E-state index < -0.39 is 29.5 Å². The molecular formula is C24H31N3O4. The van der Waals surface area contributed by atoms with Gasteiger partial charge >= 0.3 is 0 Å². The molecule has 3 heterocycles. The number of anilines is 1. The van der Waals surface area contributed by atoms with E-state index in [-0.39, 0.29) is 23.8 Å². The summed E-state index contributed by atoms with van der Waals surface area (Å²) in [6, 6.07) is 4.98. The lowest BCUT2D eigenvalue weighted by molar-refractivity contribution is -0.146. The highest BCUT2D eigenvalue weighted by Crippen LogP contribution is 2.54. The Balaban J connectivity index is 1.63. The molecule has 0 aromatic heterocycles. The third kappa shape index (κ3) is 2.75. The normalized spacial score (nSPS) is 34.1. The summed E-state index contributed by atoms with van der Waals surface area (Å²) in [6.07, 6.45) is 5.76. The van der Waals surface area contributed by atoms with Crippen molar-refractivity contribution in [3.63, 3.8) is 0 Å². The maximum absolute atomic E-state index is 13.9. The number of likely N-dealkylation sites (tertiary alicyclic amines) is 1. The zero-order chi connectivity index (χ0) is 21.9. The third-order valence-corrected chi connectivity index (χ3v) is 7.90. The van der Waals surface area contributed by atoms with Crippen molar-refractivity contribution in [3.05, 3.63) is 29.3 Å². The number of nitrogens with one attached hydrogen (secondary N) is 2. The molecule has 1 aromatic carbocycles. The standard InChI is InChI=1S/C24H31N3O4/c1-3-14-9-8-12-16-20(14)25-23(31)24(16)18-17(19(26-24)13(2)28)21(29)27(22(18)30)15-10-6-4-5-7-11-15/h8-9,12-13,15,17-19,26,28H,3-7,10-11H2,1-2H3,(H,25,31)/t13-,17-,18-,19+,24+/m0/s1. The van der Waals surface area contributed by atoms with Crippen molar-refractivity contribution in [2.24, 2.45) is 11.8 Å². The predicted octanol–water partition coefficient (Wildman–Crippen LogP) is 2.07. The SMILES string of the molecule is CCc1cccc2c1NC(=O)[C@@]21N[C@H]([C@H](C)O)[C@H]2C(=O)N(C3CCCCCC3)C(=O)[C@H]21. The van der Waals surface area contributed by atoms with Gasteiger partial charge in [-0.25, -0.2) is 0 Å². The Labute approximate surface area is 182 Å². The fourth-order valence-corrected chi connectivity index (χ4v) is 6.43. The molecule has 1 aromatic rings. The minimum atomic E-state index is -1.32. The molecule has 3 fully saturated rings. The summed E-state index contributed by atoms with van der Waals surface area (Å²) in [5, 5.41) is 16.8. The van der Waals surface area contributed by atoms with Crippen LogP contribution in [0.2, 0.25) is 0 Å². The van der Waals surface area contributed by atoms with Gasteiger partial charge in [0.1, 0.15) is 5.54 Å². The fraction of sp³-hybridized carbons (Fsp3) is 0.625. The van der Waals surface area contributed by atoms with Crippen LogP contribution in [0.4, 0.5) is 5.69 Å². The number of nitrogens with zero attached hydrogens (tertiary/aromatic N) is 1. The molecule has 4 aliphatic rings. The maximum Gasteiger partial charge on any atom is 0.250 e. The quantitative estimate of drug-likeness (QED) is 0.509. The number of aryl methyl sites for hydroxylation is 1. The highest BCUT2D eigenvalue weighted by atomic mass is 16.3. The second kappa shape index (κ2) is 7.41. The summed E-state index contributed by atoms with van der Waals surface area (Å²) in [4.78, 5) is 42.4. The Bertz CT molecular complexity index is 937. The first-order chi connectivity index (χ1) is 14.9. The molecule has 0 unspecified atom stereocenters. The van der Waals surface area contributed by atoms with E-state index in [9.17, 15) is 19.5 Å². The van der Waals surface area contributed by atoms with Crippen molar-refractivity contribution >= 4 is 23.4 Å². The molecule has 166 valence electrons. The Morgan fingerprint density at radius 2 is 1.84 bits per heavy atom. The summed E-state index contributed by atoms with van der Waals surface area (Å²) in [6.45, 7) is 3.64. The Morgan fingerprint density at radius 3 is 2.48 bits per heavy atom. The van der Waals surface area contributed by atoms with Gasteiger partial charge in [-0.2, -0.15) is 0 Å². The second-order valence-corrected chi connectivity index (χ2v) is 9.56. The Kier molecular flexibility index (Phi) is 4.94. The summed E-state index contributed by atoms with van der Waals surface area (Å²) >= 11 is 0. The summed E-state index contributed by atoms with van der Waals surface area (Å²) in [5.74, 6) is -2.37. The van der Waals surface area contributed by atoms with E-state index in [0.29, 0.717) is 0 Å². The number of para-hydroxylation sites is 1. The molecule has 7 heteroatoms. The van der Waals surface area contributed by atoms with Crippen molar-refractivity contribution in [1.82, 2.24) is 10.2 Å². The highest BCUT2D eigenvalue weighted by molar-refractivity contribution is 6.15. The molecule has 5 atom stereocenters. The number of rotatable bonds is 3. The van der Waals surface area contributed by atoms with Crippen LogP contribution < -0.4 is 10.6 Å². The molecule has 7 nitrogen and oxygen atoms in total. The molecule has 1 spiro atoms. The first-order valence-electron chi connectivity index (χ1n) is 11.7. The maximum atomic E-state index is 13.9. The van der Waals surface area contributed by atoms with Gasteiger partial charge < -0.3 is 10.4 Å². The van der Waals surface area contributed by atoms with Crippen LogP contribution in [-0.2, 0) is 26.3 Å². The average Bonchev–Trinajstić information content (AvgIpc) is 3.23. The highest BCUT2D eigenvalue weighted by Gasteiger charge is 2.71. The molecule has 0 radical (unpaired) electrons. The van der Waals surface area contributed by atoms with Crippen LogP contribution in [0.5, 0.6) is 0 Å². The molecule has 3 amide bonds. The summed E-state index contributed by atoms with van der Waals surface area (Å²) in [7, 11) is 0. The number of aliphatic hydroxyl groups excluding tert-OH is 1. The molecule has 3 N–H and O–H groups in total. The number of hydrogen-bond acceptors (Lipinski definition) is 5. The van der Waals surface area contributed by atoms with Crippen molar-refractivity contribution in [1.29, 1.82) is 0 Å². The third-order valence-electron chi connectivity index (χ3n) is 7.90. The predicted molar refractivity (Wildman–Crippen MR) is 115 cm³/mol. The van der Waals surface area contributed by atoms with Gasteiger partial charge in [-0.05, 0) is 31.7 Å². The smallest absolute Gasteiger partial charge is 0.250 e. The van der Waals surface area contributed by atoms with Crippen molar-refractivity contribution in [3.8, 4) is 0 Å². The van der Waals surface area contributed by atoms with Crippen molar-refractivity contribution in [2.75, 3.05) is 5.32 Å². The lowest BCUT2D eigenvalue weighted by Gasteiger charge is -2.32. The number of carbonyl (C=O) groups is 3. The topological polar surface area (TPSA) is 98.7 Å². The van der Waals surface area contributed by atoms with E-state index in [1.54, 1.807) is 6.92 Å². The summed E-state index contributed by atoms with van der Waals surface area (Å²) in [5.41, 5.74) is 1.14. The van der Waals surface area contributed by atoms with Crippen LogP contribution in [0, 0.1) is 11.8 Å². The minimum absolute atomic E-state index is 0.106. The minimum Gasteiger partial charge on any atom is -0.392 e. The van der Waals surface area contributed by atoms with E-state index >= 15 is 0 Å². The number of hydrogen-bond donors (Lipinski definition) is 3. The first kappa shape index (κ1) is 20.6. The zero-order valence-electron chi connectivity index (χ0n) is 18.2. The molecule has 2 saturated heterocycles. The van der Waals surface area contributed by atoms with E-state index in [0.717, 1.165) is 61.8 Å². The Morgan fingerprint density at radius 1 is 1.13 bits per heavy atom. The van der Waals surface area contributed by atoms with Gasteiger partial charge in [-0.1, -0.05) is 50.8 Å². The van der Waals surface area contributed by atoms with Gasteiger partial charge in [0, 0.05) is 23.3 Å². The van der Waals surface area contributed by atoms with Crippen LogP contribution in [0.1, 0.15) is 63.5 Å². The summed E-state index contributed by atoms with van der Waals surface area (Å²) < 4.78 is 0. The number of aliphatic hydroxyl groups is 1. The first-order valence-corrected chi connectivity index (χ1v) is 11.7. The molecule has 3 aliphatic heterocycles. The number of fused-ring (bicyclic) bond motifs is 4. The molecule has 1 saturated carbocycles. The zero-order valence-corrected chi connectivity index (χ0v) is 18.2. The lowest BCUT2D eigenvalue weighted by Crippen LogP contribution is -2.55. The molecule has 0 bridgehead atoms. The van der Waals surface area contributed by atoms with E-state index in [4.69, 9.17) is 0 Å². The fourth-order valence-electron chi connectivity index (χ4n) is 6.43. The van der Waals surface area contributed by atoms with Crippen molar-refractivity contribution in [2.45, 2.75) is 82.5 Å². The van der Waals surface area contributed by atoms with Gasteiger partial charge in [0.15, 0.2) is 0 Å². The van der Waals surface area contributed by atoms with Gasteiger partial charge in [0.05, 0.1) is 17.9 Å². The van der Waals surface area contributed by atoms with Crippen LogP contribution in [0.15, 0.2) is 18.2 Å². The van der Waals surface area contributed by atoms with Gasteiger partial charge in [0.2, 0.25) is 17.7 Å². The van der Waals surface area contributed by atoms with Crippen molar-refractivity contribution < 1.29 is 19.5 Å². The number of carbonyl (C=O) groups excluding carboxylic acids is 3. The van der Waals surface area contributed by atoms with Gasteiger partial charge in [0.25, 0.3) is 0 Å². The van der Waals surface area contributed by atoms with Crippen LogP contribution in [0.3, 0.4) is 0 Å². The van der Waals surface area contributed by atoms with Gasteiger partial charge in [-0.15, -0.1) is 0 Å². The molecule has 31 heavy (non-hydrogen) atoms.